The minimum Gasteiger partial charge on any atom is -0.493 e. The van der Waals surface area contributed by atoms with E-state index in [0.717, 1.165) is 28.4 Å². The Morgan fingerprint density at radius 1 is 1.14 bits per heavy atom. The summed E-state index contributed by atoms with van der Waals surface area (Å²) in [6, 6.07) is 13.5. The molecule has 0 amide bonds. The van der Waals surface area contributed by atoms with Gasteiger partial charge in [0, 0.05) is 10.9 Å². The Balaban J connectivity index is 1.50. The molecule has 0 spiro atoms. The van der Waals surface area contributed by atoms with Gasteiger partial charge in [0.05, 0.1) is 19.9 Å². The van der Waals surface area contributed by atoms with E-state index >= 15 is 0 Å². The van der Waals surface area contributed by atoms with Crippen LogP contribution in [-0.4, -0.2) is 40.1 Å². The number of rotatable bonds is 7. The van der Waals surface area contributed by atoms with Gasteiger partial charge in [-0.1, -0.05) is 25.1 Å². The highest BCUT2D eigenvalue weighted by atomic mass is 16.5. The van der Waals surface area contributed by atoms with E-state index < -0.39 is 0 Å². The van der Waals surface area contributed by atoms with Gasteiger partial charge in [-0.05, 0) is 36.2 Å². The number of para-hydroxylation sites is 1. The predicted molar refractivity (Wildman–Crippen MR) is 109 cm³/mol. The molecule has 4 rings (SSSR count). The Morgan fingerprint density at radius 3 is 2.89 bits per heavy atom. The van der Waals surface area contributed by atoms with Crippen LogP contribution in [-0.2, 0) is 0 Å². The molecule has 0 aliphatic carbocycles. The van der Waals surface area contributed by atoms with Crippen LogP contribution >= 0.6 is 0 Å². The molecule has 4 aromatic rings. The van der Waals surface area contributed by atoms with Gasteiger partial charge in [0.2, 0.25) is 0 Å². The molecule has 2 heterocycles. The molecule has 2 N–H and O–H groups in total. The first kappa shape index (κ1) is 17.7. The lowest BCUT2D eigenvalue weighted by Gasteiger charge is -2.10. The Labute approximate surface area is 161 Å². The lowest BCUT2D eigenvalue weighted by molar-refractivity contribution is 0.294. The summed E-state index contributed by atoms with van der Waals surface area (Å²) in [6.45, 7) is 2.70. The van der Waals surface area contributed by atoms with Crippen LogP contribution in [0.4, 0.5) is 5.95 Å². The number of hydrogen-bond acceptors (Lipinski definition) is 7. The maximum atomic E-state index is 5.65. The molecular weight excluding hydrogens is 356 g/mol. The first-order chi connectivity index (χ1) is 13.8. The van der Waals surface area contributed by atoms with Crippen molar-refractivity contribution in [1.82, 2.24) is 20.2 Å². The fourth-order valence-electron chi connectivity index (χ4n) is 2.83. The van der Waals surface area contributed by atoms with E-state index in [2.05, 4.69) is 37.6 Å². The van der Waals surface area contributed by atoms with Crippen LogP contribution in [0.25, 0.3) is 22.1 Å². The average Bonchev–Trinajstić information content (AvgIpc) is 3.10. The van der Waals surface area contributed by atoms with Gasteiger partial charge in [0.25, 0.3) is 5.95 Å². The zero-order valence-corrected chi connectivity index (χ0v) is 15.6. The highest BCUT2D eigenvalue weighted by Crippen LogP contribution is 2.27. The second-order valence-electron chi connectivity index (χ2n) is 6.13. The van der Waals surface area contributed by atoms with E-state index in [1.807, 2.05) is 42.5 Å². The number of aromatic amines is 1. The molecule has 0 unspecified atom stereocenters. The number of H-pyrrole nitrogens is 1. The number of fused-ring (bicyclic) bond motifs is 3. The number of nitrogens with one attached hydrogen (secondary N) is 2. The van der Waals surface area contributed by atoms with Gasteiger partial charge >= 0.3 is 0 Å². The van der Waals surface area contributed by atoms with Gasteiger partial charge in [-0.25, -0.2) is 5.43 Å². The Hall–Kier alpha value is -3.68. The summed E-state index contributed by atoms with van der Waals surface area (Å²) in [7, 11) is 1.61. The molecule has 0 aliphatic rings. The summed E-state index contributed by atoms with van der Waals surface area (Å²) in [5.74, 6) is 1.69. The number of benzene rings is 2. The van der Waals surface area contributed by atoms with E-state index in [0.29, 0.717) is 29.7 Å². The minimum atomic E-state index is 0.310. The quantitative estimate of drug-likeness (QED) is 0.377. The fourth-order valence-corrected chi connectivity index (χ4v) is 2.83. The molecule has 0 fully saturated rings. The van der Waals surface area contributed by atoms with Gasteiger partial charge in [0.15, 0.2) is 17.1 Å². The SMILES string of the molecule is CCCOc1ccc(/C=N/Nc2nnc3c(n2)[nH]c2ccccc23)cc1OC. The van der Waals surface area contributed by atoms with Crippen LogP contribution in [0.5, 0.6) is 11.5 Å². The molecule has 28 heavy (non-hydrogen) atoms. The normalized spacial score (nSPS) is 11.4. The summed E-state index contributed by atoms with van der Waals surface area (Å²) in [4.78, 5) is 7.66. The van der Waals surface area contributed by atoms with E-state index in [1.165, 1.54) is 0 Å². The highest BCUT2D eigenvalue weighted by molar-refractivity contribution is 6.03. The van der Waals surface area contributed by atoms with Crippen LogP contribution in [0.3, 0.4) is 0 Å². The average molecular weight is 376 g/mol. The van der Waals surface area contributed by atoms with Gasteiger partial charge < -0.3 is 14.5 Å². The smallest absolute Gasteiger partial charge is 0.265 e. The van der Waals surface area contributed by atoms with Crippen molar-refractivity contribution < 1.29 is 9.47 Å². The highest BCUT2D eigenvalue weighted by Gasteiger charge is 2.08. The third-order valence-electron chi connectivity index (χ3n) is 4.15. The predicted octanol–water partition coefficient (Wildman–Crippen LogP) is 3.75. The van der Waals surface area contributed by atoms with E-state index in [-0.39, 0.29) is 0 Å². The topological polar surface area (TPSA) is 97.3 Å². The maximum absolute atomic E-state index is 5.65. The Kier molecular flexibility index (Phi) is 5.01. The van der Waals surface area contributed by atoms with Gasteiger partial charge in [0.1, 0.15) is 5.52 Å². The minimum absolute atomic E-state index is 0.310. The first-order valence-corrected chi connectivity index (χ1v) is 8.99. The van der Waals surface area contributed by atoms with E-state index in [1.54, 1.807) is 13.3 Å². The van der Waals surface area contributed by atoms with Crippen molar-refractivity contribution in [3.63, 3.8) is 0 Å². The molecule has 8 nitrogen and oxygen atoms in total. The van der Waals surface area contributed by atoms with E-state index in [4.69, 9.17) is 9.47 Å². The van der Waals surface area contributed by atoms with Gasteiger partial charge in [-0.3, -0.25) is 0 Å². The van der Waals surface area contributed by atoms with Crippen molar-refractivity contribution >= 4 is 34.2 Å². The number of ether oxygens (including phenoxy) is 2. The van der Waals surface area contributed by atoms with Crippen LogP contribution < -0.4 is 14.9 Å². The molecule has 0 aliphatic heterocycles. The fraction of sp³-hybridized carbons (Fsp3) is 0.200. The maximum Gasteiger partial charge on any atom is 0.265 e. The number of aromatic nitrogens is 4. The lowest BCUT2D eigenvalue weighted by atomic mass is 10.2. The van der Waals surface area contributed by atoms with Crippen LogP contribution in [0, 0.1) is 0 Å². The zero-order valence-electron chi connectivity index (χ0n) is 15.6. The summed E-state index contributed by atoms with van der Waals surface area (Å²) in [5.41, 5.74) is 6.03. The number of nitrogens with zero attached hydrogens (tertiary/aromatic N) is 4. The largest absolute Gasteiger partial charge is 0.493 e. The van der Waals surface area contributed by atoms with Crippen molar-refractivity contribution in [3.8, 4) is 11.5 Å². The number of anilines is 1. The van der Waals surface area contributed by atoms with Crippen molar-refractivity contribution in [2.24, 2.45) is 5.10 Å². The van der Waals surface area contributed by atoms with Crippen molar-refractivity contribution in [1.29, 1.82) is 0 Å². The number of hydrazone groups is 1. The van der Waals surface area contributed by atoms with E-state index in [9.17, 15) is 0 Å². The van der Waals surface area contributed by atoms with Crippen molar-refractivity contribution in [2.75, 3.05) is 19.1 Å². The third kappa shape index (κ3) is 3.57. The van der Waals surface area contributed by atoms with Crippen LogP contribution in [0.2, 0.25) is 0 Å². The van der Waals surface area contributed by atoms with Gasteiger partial charge in [-0.15, -0.1) is 10.2 Å². The molecule has 142 valence electrons. The second-order valence-corrected chi connectivity index (χ2v) is 6.13. The van der Waals surface area contributed by atoms with Crippen LogP contribution in [0.15, 0.2) is 47.6 Å². The third-order valence-corrected chi connectivity index (χ3v) is 4.15. The molecule has 8 heteroatoms. The van der Waals surface area contributed by atoms with Crippen LogP contribution in [0.1, 0.15) is 18.9 Å². The molecule has 0 atom stereocenters. The molecule has 2 aromatic carbocycles. The number of hydrogen-bond donors (Lipinski definition) is 2. The molecular formula is C20H20N6O2. The lowest BCUT2D eigenvalue weighted by Crippen LogP contribution is -2.00. The monoisotopic (exact) mass is 376 g/mol. The summed E-state index contributed by atoms with van der Waals surface area (Å²) < 4.78 is 11.0. The van der Waals surface area contributed by atoms with Crippen molar-refractivity contribution in [2.45, 2.75) is 13.3 Å². The number of methoxy groups -OCH3 is 1. The molecule has 0 saturated carbocycles. The molecule has 0 bridgehead atoms. The molecule has 0 radical (unpaired) electrons. The summed E-state index contributed by atoms with van der Waals surface area (Å²) >= 11 is 0. The molecule has 2 aromatic heterocycles. The first-order valence-electron chi connectivity index (χ1n) is 8.99. The van der Waals surface area contributed by atoms with Gasteiger partial charge in [-0.2, -0.15) is 10.1 Å². The molecule has 0 saturated heterocycles. The Morgan fingerprint density at radius 2 is 2.04 bits per heavy atom. The van der Waals surface area contributed by atoms with Crippen molar-refractivity contribution in [3.05, 3.63) is 48.0 Å². The Bertz CT molecular complexity index is 1140. The summed E-state index contributed by atoms with van der Waals surface area (Å²) in [6.07, 6.45) is 2.59. The second kappa shape index (κ2) is 7.91. The zero-order chi connectivity index (χ0) is 19.3. The standard InChI is InChI=1S/C20H20N6O2/c1-3-10-28-16-9-8-13(11-17(16)27-2)12-21-25-20-23-19-18(24-26-20)14-6-4-5-7-15(14)22-19/h4-9,11-12H,3,10H2,1-2H3,(H2,22,23,25,26)/b21-12+. The summed E-state index contributed by atoms with van der Waals surface area (Å²) in [5, 5.41) is 13.5.